The third kappa shape index (κ3) is 3.24. The number of hydrazine groups is 1. The molecule has 0 unspecified atom stereocenters. The molecule has 108 valence electrons. The third-order valence-electron chi connectivity index (χ3n) is 3.07. The SMILES string of the molecule is NNc1nc(NCCc2ccc(Cl)cc2)c2ccsc2n1. The van der Waals surface area contributed by atoms with Crippen LogP contribution in [0.1, 0.15) is 5.56 Å². The van der Waals surface area contributed by atoms with Gasteiger partial charge in [0, 0.05) is 11.6 Å². The number of nitrogens with two attached hydrogens (primary N) is 1. The minimum Gasteiger partial charge on any atom is -0.369 e. The van der Waals surface area contributed by atoms with Crippen molar-refractivity contribution in [1.82, 2.24) is 9.97 Å². The summed E-state index contributed by atoms with van der Waals surface area (Å²) in [6.45, 7) is 0.771. The molecule has 1 aromatic carbocycles. The molecule has 2 aromatic heterocycles. The number of halogens is 1. The fourth-order valence-corrected chi connectivity index (χ4v) is 2.92. The lowest BCUT2D eigenvalue weighted by Gasteiger charge is -2.08. The van der Waals surface area contributed by atoms with Crippen LogP contribution in [0.4, 0.5) is 11.8 Å². The Bertz CT molecular complexity index is 741. The highest BCUT2D eigenvalue weighted by Gasteiger charge is 2.07. The van der Waals surface area contributed by atoms with Gasteiger partial charge in [-0.05, 0) is 35.6 Å². The lowest BCUT2D eigenvalue weighted by molar-refractivity contribution is 1.01. The molecule has 0 fully saturated rings. The van der Waals surface area contributed by atoms with Crippen molar-refractivity contribution in [3.63, 3.8) is 0 Å². The van der Waals surface area contributed by atoms with E-state index in [2.05, 4.69) is 20.7 Å². The van der Waals surface area contributed by atoms with E-state index in [4.69, 9.17) is 17.4 Å². The molecular weight excluding hydrogens is 306 g/mol. The first-order chi connectivity index (χ1) is 10.3. The van der Waals surface area contributed by atoms with Gasteiger partial charge in [-0.25, -0.2) is 10.8 Å². The molecule has 21 heavy (non-hydrogen) atoms. The summed E-state index contributed by atoms with van der Waals surface area (Å²) < 4.78 is 0. The molecule has 0 bridgehead atoms. The maximum atomic E-state index is 5.88. The molecule has 3 rings (SSSR count). The lowest BCUT2D eigenvalue weighted by Crippen LogP contribution is -2.13. The van der Waals surface area contributed by atoms with Crippen molar-refractivity contribution in [2.24, 2.45) is 5.84 Å². The molecule has 0 aliphatic rings. The molecule has 0 radical (unpaired) electrons. The number of thiophene rings is 1. The Hall–Kier alpha value is -1.89. The summed E-state index contributed by atoms with van der Waals surface area (Å²) in [5.41, 5.74) is 3.72. The van der Waals surface area contributed by atoms with Crippen molar-refractivity contribution in [2.45, 2.75) is 6.42 Å². The number of benzene rings is 1. The molecule has 0 spiro atoms. The summed E-state index contributed by atoms with van der Waals surface area (Å²) in [5, 5.41) is 7.09. The zero-order chi connectivity index (χ0) is 14.7. The highest BCUT2D eigenvalue weighted by molar-refractivity contribution is 7.16. The van der Waals surface area contributed by atoms with Crippen LogP contribution in [0.2, 0.25) is 5.02 Å². The van der Waals surface area contributed by atoms with Gasteiger partial charge in [0.05, 0.1) is 5.39 Å². The fourth-order valence-electron chi connectivity index (χ4n) is 2.03. The van der Waals surface area contributed by atoms with Crippen LogP contribution < -0.4 is 16.6 Å². The molecule has 4 N–H and O–H groups in total. The minimum atomic E-state index is 0.416. The van der Waals surface area contributed by atoms with Gasteiger partial charge < -0.3 is 5.32 Å². The van der Waals surface area contributed by atoms with Gasteiger partial charge in [-0.2, -0.15) is 4.98 Å². The Kier molecular flexibility index (Phi) is 4.19. The van der Waals surface area contributed by atoms with Crippen molar-refractivity contribution in [2.75, 3.05) is 17.3 Å². The summed E-state index contributed by atoms with van der Waals surface area (Å²) in [5.74, 6) is 6.61. The van der Waals surface area contributed by atoms with E-state index in [9.17, 15) is 0 Å². The topological polar surface area (TPSA) is 75.9 Å². The summed E-state index contributed by atoms with van der Waals surface area (Å²) in [6.07, 6.45) is 0.887. The second-order valence-electron chi connectivity index (χ2n) is 4.48. The van der Waals surface area contributed by atoms with Crippen LogP contribution >= 0.6 is 22.9 Å². The molecule has 0 aliphatic carbocycles. The Balaban J connectivity index is 1.72. The fraction of sp³-hybridized carbons (Fsp3) is 0.143. The zero-order valence-electron chi connectivity index (χ0n) is 11.1. The molecule has 0 amide bonds. The van der Waals surface area contributed by atoms with Crippen LogP contribution in [0.25, 0.3) is 10.2 Å². The van der Waals surface area contributed by atoms with Gasteiger partial charge in [-0.1, -0.05) is 23.7 Å². The van der Waals surface area contributed by atoms with Gasteiger partial charge in [-0.3, -0.25) is 5.43 Å². The molecule has 5 nitrogen and oxygen atoms in total. The lowest BCUT2D eigenvalue weighted by atomic mass is 10.1. The predicted molar refractivity (Wildman–Crippen MR) is 88.9 cm³/mol. The van der Waals surface area contributed by atoms with Crippen molar-refractivity contribution in [3.05, 3.63) is 46.3 Å². The molecule has 0 atom stereocenters. The van der Waals surface area contributed by atoms with E-state index < -0.39 is 0 Å². The number of fused-ring (bicyclic) bond motifs is 1. The summed E-state index contributed by atoms with van der Waals surface area (Å²) in [7, 11) is 0. The number of hydrogen-bond donors (Lipinski definition) is 3. The molecular formula is C14H14ClN5S. The first-order valence-electron chi connectivity index (χ1n) is 6.46. The third-order valence-corrected chi connectivity index (χ3v) is 4.13. The van der Waals surface area contributed by atoms with Crippen LogP contribution in [0.3, 0.4) is 0 Å². The van der Waals surface area contributed by atoms with Crippen LogP contribution in [-0.4, -0.2) is 16.5 Å². The van der Waals surface area contributed by atoms with Crippen molar-refractivity contribution < 1.29 is 0 Å². The Morgan fingerprint density at radius 3 is 2.71 bits per heavy atom. The molecule has 3 aromatic rings. The first-order valence-corrected chi connectivity index (χ1v) is 7.72. The number of anilines is 2. The normalized spacial score (nSPS) is 10.8. The van der Waals surface area contributed by atoms with Crippen LogP contribution in [0.5, 0.6) is 0 Å². The summed E-state index contributed by atoms with van der Waals surface area (Å²) in [4.78, 5) is 9.58. The van der Waals surface area contributed by atoms with Gasteiger partial charge in [-0.15, -0.1) is 11.3 Å². The van der Waals surface area contributed by atoms with E-state index in [1.54, 1.807) is 11.3 Å². The maximum absolute atomic E-state index is 5.88. The van der Waals surface area contributed by atoms with E-state index in [0.717, 1.165) is 34.0 Å². The Labute approximate surface area is 131 Å². The van der Waals surface area contributed by atoms with Crippen LogP contribution in [0, 0.1) is 0 Å². The van der Waals surface area contributed by atoms with Crippen LogP contribution in [0.15, 0.2) is 35.7 Å². The van der Waals surface area contributed by atoms with Gasteiger partial charge in [0.25, 0.3) is 0 Å². The number of nitrogens with zero attached hydrogens (tertiary/aromatic N) is 2. The smallest absolute Gasteiger partial charge is 0.240 e. The van der Waals surface area contributed by atoms with E-state index in [1.165, 1.54) is 5.56 Å². The molecule has 2 heterocycles. The summed E-state index contributed by atoms with van der Waals surface area (Å²) >= 11 is 7.44. The molecule has 7 heteroatoms. The number of nitrogen functional groups attached to an aromatic ring is 1. The highest BCUT2D eigenvalue weighted by Crippen LogP contribution is 2.26. The monoisotopic (exact) mass is 319 g/mol. The van der Waals surface area contributed by atoms with Gasteiger partial charge in [0.2, 0.25) is 5.95 Å². The second-order valence-corrected chi connectivity index (χ2v) is 5.81. The van der Waals surface area contributed by atoms with Crippen molar-refractivity contribution in [3.8, 4) is 0 Å². The number of hydrogen-bond acceptors (Lipinski definition) is 6. The van der Waals surface area contributed by atoms with E-state index >= 15 is 0 Å². The number of aromatic nitrogens is 2. The first kappa shape index (κ1) is 14.1. The second kappa shape index (κ2) is 6.26. The van der Waals surface area contributed by atoms with Crippen molar-refractivity contribution >= 4 is 44.9 Å². The quantitative estimate of drug-likeness (QED) is 0.497. The number of rotatable bonds is 5. The largest absolute Gasteiger partial charge is 0.369 e. The average Bonchev–Trinajstić information content (AvgIpc) is 2.97. The zero-order valence-corrected chi connectivity index (χ0v) is 12.7. The van der Waals surface area contributed by atoms with Gasteiger partial charge in [0.15, 0.2) is 0 Å². The highest BCUT2D eigenvalue weighted by atomic mass is 35.5. The maximum Gasteiger partial charge on any atom is 0.240 e. The Morgan fingerprint density at radius 1 is 1.14 bits per heavy atom. The van der Waals surface area contributed by atoms with Gasteiger partial charge >= 0.3 is 0 Å². The Morgan fingerprint density at radius 2 is 1.95 bits per heavy atom. The summed E-state index contributed by atoms with van der Waals surface area (Å²) in [6, 6.07) is 9.85. The van der Waals surface area contributed by atoms with E-state index in [1.807, 2.05) is 35.7 Å². The average molecular weight is 320 g/mol. The molecule has 0 aliphatic heterocycles. The standard InChI is InChI=1S/C14H14ClN5S/c15-10-3-1-9(2-4-10)5-7-17-12-11-6-8-21-13(11)19-14(18-12)20-16/h1-4,6,8H,5,7,16H2,(H2,17,18,19,20). The minimum absolute atomic E-state index is 0.416. The van der Waals surface area contributed by atoms with Crippen molar-refractivity contribution in [1.29, 1.82) is 0 Å². The van der Waals surface area contributed by atoms with Gasteiger partial charge in [0.1, 0.15) is 10.6 Å². The number of nitrogens with one attached hydrogen (secondary N) is 2. The molecule has 0 saturated carbocycles. The van der Waals surface area contributed by atoms with E-state index in [0.29, 0.717) is 5.95 Å². The van der Waals surface area contributed by atoms with Crippen LogP contribution in [-0.2, 0) is 6.42 Å². The van der Waals surface area contributed by atoms with E-state index in [-0.39, 0.29) is 0 Å². The predicted octanol–water partition coefficient (Wildman–Crippen LogP) is 3.28. The molecule has 0 saturated heterocycles.